The number of hydrogen-bond donors (Lipinski definition) is 1. The zero-order valence-electron chi connectivity index (χ0n) is 41.1. The summed E-state index contributed by atoms with van der Waals surface area (Å²) in [5.74, 6) is 5.16. The summed E-state index contributed by atoms with van der Waals surface area (Å²) in [6.45, 7) is 16.7. The van der Waals surface area contributed by atoms with Gasteiger partial charge in [-0.05, 0) is 66.1 Å². The van der Waals surface area contributed by atoms with Crippen LogP contribution in [0.3, 0.4) is 0 Å². The number of hydrogen-bond acceptors (Lipinski definition) is 17. The van der Waals surface area contributed by atoms with Crippen LogP contribution in [-0.4, -0.2) is 83.7 Å². The van der Waals surface area contributed by atoms with Crippen molar-refractivity contribution in [2.24, 2.45) is 5.92 Å². The predicted octanol–water partition coefficient (Wildman–Crippen LogP) is 14.0. The molecular formula is C56H50N2O12S5. The Balaban J connectivity index is 0.907. The van der Waals surface area contributed by atoms with Crippen LogP contribution < -0.4 is 52.3 Å². The highest BCUT2D eigenvalue weighted by molar-refractivity contribution is 7.31. The zero-order chi connectivity index (χ0) is 50.7. The molecule has 0 spiro atoms. The molecule has 6 aliphatic rings. The molecule has 14 nitrogen and oxygen atoms in total. The Hall–Kier alpha value is -6.56. The molecule has 7 aromatic rings. The number of anilines is 2. The highest BCUT2D eigenvalue weighted by Gasteiger charge is 2.40. The SMILES string of the molecule is [C-]#[N+]/C(=C\c1sc(-c2sc(-c3sc(-c4sc(-c5sc(-c6ccc7c(c6)CCc6ccccc6N7CC(CC)CCCC)c6c5OCCO6)c5c4OCCO5)c4c3OCCO4)c3c2OCCO3)c2c1OCCO2)C(=O)O. The first-order valence-electron chi connectivity index (χ1n) is 25.3. The molecule has 1 N–H and O–H groups in total. The summed E-state index contributed by atoms with van der Waals surface area (Å²) in [6, 6.07) is 15.9. The third kappa shape index (κ3) is 8.40. The van der Waals surface area contributed by atoms with Crippen LogP contribution in [-0.2, 0) is 17.6 Å². The molecule has 1 atom stereocenters. The van der Waals surface area contributed by atoms with Crippen LogP contribution in [0, 0.1) is 12.5 Å². The van der Waals surface area contributed by atoms with Gasteiger partial charge in [0.25, 0.3) is 5.70 Å². The highest BCUT2D eigenvalue weighted by atomic mass is 32.1. The average Bonchev–Trinajstić information content (AvgIpc) is 4.34. The first kappa shape index (κ1) is 48.1. The Morgan fingerprint density at radius 1 is 0.573 bits per heavy atom. The maximum absolute atomic E-state index is 11.9. The fourth-order valence-electron chi connectivity index (χ4n) is 10.5. The minimum Gasteiger partial charge on any atom is -0.486 e. The van der Waals surface area contributed by atoms with Crippen LogP contribution in [0.2, 0.25) is 0 Å². The molecule has 0 saturated heterocycles. The van der Waals surface area contributed by atoms with E-state index in [-0.39, 0.29) is 6.61 Å². The Bertz CT molecular complexity index is 3460. The number of carboxylic acid groups (broad SMARTS) is 1. The topological polar surface area (TPSA) is 137 Å². The van der Waals surface area contributed by atoms with E-state index in [4.69, 9.17) is 53.9 Å². The number of rotatable bonds is 13. The van der Waals surface area contributed by atoms with E-state index in [0.717, 1.165) is 76.1 Å². The van der Waals surface area contributed by atoms with Crippen molar-refractivity contribution in [3.05, 3.63) is 75.6 Å². The molecule has 1 unspecified atom stereocenters. The Morgan fingerprint density at radius 2 is 0.987 bits per heavy atom. The maximum atomic E-state index is 11.9. The molecule has 0 amide bonds. The van der Waals surface area contributed by atoms with E-state index in [9.17, 15) is 9.90 Å². The van der Waals surface area contributed by atoms with Gasteiger partial charge in [-0.1, -0.05) is 57.4 Å². The number of carboxylic acids is 1. The second-order valence-corrected chi connectivity index (χ2v) is 23.7. The lowest BCUT2D eigenvalue weighted by atomic mass is 9.97. The Kier molecular flexibility index (Phi) is 12.9. The molecule has 0 aliphatic carbocycles. The van der Waals surface area contributed by atoms with Crippen LogP contribution in [0.5, 0.6) is 57.5 Å². The van der Waals surface area contributed by atoms with Gasteiger partial charge in [0.05, 0.1) is 55.3 Å². The number of para-hydroxylation sites is 1. The molecule has 19 heteroatoms. The molecule has 75 heavy (non-hydrogen) atoms. The Morgan fingerprint density at radius 3 is 1.45 bits per heavy atom. The first-order chi connectivity index (χ1) is 36.9. The number of fused-ring (bicyclic) bond motifs is 7. The lowest BCUT2D eigenvalue weighted by molar-refractivity contribution is -0.132. The van der Waals surface area contributed by atoms with Crippen molar-refractivity contribution in [1.82, 2.24) is 0 Å². The number of carbonyl (C=O) groups is 1. The summed E-state index contributed by atoms with van der Waals surface area (Å²) in [4.78, 5) is 25.7. The number of unbranched alkanes of at least 4 members (excludes halogenated alkanes) is 1. The third-order valence-electron chi connectivity index (χ3n) is 14.0. The summed E-state index contributed by atoms with van der Waals surface area (Å²) >= 11 is 7.50. The minimum atomic E-state index is -1.33. The number of thiophene rings is 5. The van der Waals surface area contributed by atoms with Crippen LogP contribution in [0.1, 0.15) is 55.5 Å². The predicted molar refractivity (Wildman–Crippen MR) is 294 cm³/mol. The van der Waals surface area contributed by atoms with Gasteiger partial charge in [-0.15, -0.1) is 56.7 Å². The molecular weight excluding hydrogens is 1050 g/mol. The van der Waals surface area contributed by atoms with Crippen molar-refractivity contribution in [1.29, 1.82) is 0 Å². The number of aliphatic carboxylic acids is 1. The van der Waals surface area contributed by atoms with Gasteiger partial charge in [0.2, 0.25) is 0 Å². The van der Waals surface area contributed by atoms with Crippen LogP contribution >= 0.6 is 56.7 Å². The molecule has 5 aromatic heterocycles. The molecule has 0 fully saturated rings. The van der Waals surface area contributed by atoms with Crippen molar-refractivity contribution in [3.63, 3.8) is 0 Å². The fourth-order valence-corrected chi connectivity index (χ4v) is 16.8. The van der Waals surface area contributed by atoms with E-state index in [1.165, 1.54) is 81.9 Å². The molecule has 0 saturated carbocycles. The lowest BCUT2D eigenvalue weighted by Gasteiger charge is -2.31. The number of ether oxygens (including phenoxy) is 10. The first-order valence-corrected chi connectivity index (χ1v) is 29.4. The van der Waals surface area contributed by atoms with E-state index in [2.05, 4.69) is 66.1 Å². The molecule has 2 aromatic carbocycles. The average molecular weight is 1100 g/mol. The quantitative estimate of drug-likeness (QED) is 0.0867. The van der Waals surface area contributed by atoms with E-state index in [1.807, 2.05) is 0 Å². The van der Waals surface area contributed by atoms with Gasteiger partial charge in [-0.3, -0.25) is 4.79 Å². The van der Waals surface area contributed by atoms with Gasteiger partial charge in [0.15, 0.2) is 57.5 Å². The van der Waals surface area contributed by atoms with Crippen molar-refractivity contribution in [3.8, 4) is 107 Å². The summed E-state index contributed by atoms with van der Waals surface area (Å²) in [5.41, 5.74) is 5.95. The number of nitrogens with zero attached hydrogens (tertiary/aromatic N) is 2. The summed E-state index contributed by atoms with van der Waals surface area (Å²) in [7, 11) is 0. The lowest BCUT2D eigenvalue weighted by Crippen LogP contribution is -2.26. The largest absolute Gasteiger partial charge is 0.486 e. The monoisotopic (exact) mass is 1100 g/mol. The van der Waals surface area contributed by atoms with E-state index >= 15 is 0 Å². The van der Waals surface area contributed by atoms with Gasteiger partial charge < -0.3 is 57.4 Å². The summed E-state index contributed by atoms with van der Waals surface area (Å²) < 4.78 is 64.4. The van der Waals surface area contributed by atoms with Crippen LogP contribution in [0.15, 0.2) is 48.2 Å². The van der Waals surface area contributed by atoms with E-state index < -0.39 is 11.7 Å². The zero-order valence-corrected chi connectivity index (χ0v) is 45.2. The minimum absolute atomic E-state index is 0.279. The standard InChI is InChI=1S/C56H50N2O12S5/c1-4-6-9-29(5-2)28-58-34-11-8-7-10-30(34)12-13-31-26-32(14-15-35(31)58)47-39-40(64-19-18-63-39)50(72-47)51-43-44(68-23-22-67-43)54(74-51)55-46-45(69-24-25-70-46)53(75-55)52-42-41(65-20-21-66-42)49(73-52)48-38-37(61-16-17-62-38)36(71-48)27-33(57-3)56(59)60/h7-8,10-11,14-15,26-27,29H,4-6,9,12-13,16-25,28H2,1-2H3,(H,59,60)/b33-27-. The second-order valence-electron chi connectivity index (χ2n) is 18.6. The van der Waals surface area contributed by atoms with Crippen molar-refractivity contribution < 1.29 is 57.3 Å². The number of benzene rings is 2. The van der Waals surface area contributed by atoms with E-state index in [0.29, 0.717) is 127 Å². The molecule has 0 bridgehead atoms. The molecule has 11 heterocycles. The van der Waals surface area contributed by atoms with Gasteiger partial charge in [-0.2, -0.15) is 0 Å². The van der Waals surface area contributed by atoms with Gasteiger partial charge >= 0.3 is 5.97 Å². The third-order valence-corrected chi connectivity index (χ3v) is 20.4. The van der Waals surface area contributed by atoms with Crippen molar-refractivity contribution >= 4 is 80.1 Å². The van der Waals surface area contributed by atoms with Crippen LogP contribution in [0.4, 0.5) is 11.4 Å². The normalized spacial score (nSPS) is 16.4. The van der Waals surface area contributed by atoms with Gasteiger partial charge in [-0.25, -0.2) is 4.85 Å². The molecule has 386 valence electrons. The van der Waals surface area contributed by atoms with Crippen molar-refractivity contribution in [2.75, 3.05) is 77.5 Å². The fraction of sp³-hybridized carbons (Fsp3) is 0.357. The van der Waals surface area contributed by atoms with Crippen molar-refractivity contribution in [2.45, 2.75) is 52.4 Å². The summed E-state index contributed by atoms with van der Waals surface area (Å²) in [5, 5.41) is 9.73. The number of aryl methyl sites for hydroxylation is 2. The smallest absolute Gasteiger partial charge is 0.333 e. The molecule has 13 rings (SSSR count). The Labute approximate surface area is 452 Å². The van der Waals surface area contributed by atoms with Crippen LogP contribution in [0.25, 0.3) is 60.4 Å². The highest BCUT2D eigenvalue weighted by Crippen LogP contribution is 2.68. The molecule has 0 radical (unpaired) electrons. The van der Waals surface area contributed by atoms with E-state index in [1.54, 1.807) is 22.7 Å². The van der Waals surface area contributed by atoms with Gasteiger partial charge in [0, 0.05) is 17.9 Å². The second kappa shape index (κ2) is 20.2. The maximum Gasteiger partial charge on any atom is 0.333 e. The molecule has 6 aliphatic heterocycles. The van der Waals surface area contributed by atoms with Gasteiger partial charge in [0.1, 0.15) is 66.1 Å². The summed E-state index contributed by atoms with van der Waals surface area (Å²) in [6.07, 6.45) is 8.02.